The van der Waals surface area contributed by atoms with Gasteiger partial charge in [0.05, 0.1) is 40.1 Å². The molecule has 0 saturated carbocycles. The van der Waals surface area contributed by atoms with Crippen molar-refractivity contribution >= 4 is 50.8 Å². The average Bonchev–Trinajstić information content (AvgIpc) is 3.73. The second-order valence-electron chi connectivity index (χ2n) is 14.0. The SMILES string of the molecule is C1=CC2c3c(c4c(c5ccccc35)C3c5ccccc5C=CC3N4c3nc4c5c(cccc5n3)Oc3ccccc3-4)N(c3ccccc3)C2C=C1. The number of para-hydroxylation sites is 2. The lowest BCUT2D eigenvalue weighted by atomic mass is 9.78. The molecule has 0 bridgehead atoms. The molecule has 1 aromatic heterocycles. The van der Waals surface area contributed by atoms with Crippen molar-refractivity contribution in [2.24, 2.45) is 0 Å². The number of aromatic nitrogens is 2. The van der Waals surface area contributed by atoms with Crippen LogP contribution in [-0.4, -0.2) is 22.1 Å². The zero-order valence-electron chi connectivity index (χ0n) is 27.5. The van der Waals surface area contributed by atoms with Crippen LogP contribution in [0.1, 0.15) is 34.1 Å². The van der Waals surface area contributed by atoms with Crippen LogP contribution in [0.4, 0.5) is 23.0 Å². The molecule has 240 valence electrons. The normalized spacial score (nSPS) is 21.2. The second-order valence-corrected chi connectivity index (χ2v) is 14.0. The lowest BCUT2D eigenvalue weighted by molar-refractivity contribution is 0.486. The summed E-state index contributed by atoms with van der Waals surface area (Å²) in [6.45, 7) is 0. The molecule has 4 atom stereocenters. The van der Waals surface area contributed by atoms with Crippen molar-refractivity contribution in [1.82, 2.24) is 9.97 Å². The van der Waals surface area contributed by atoms with Crippen LogP contribution < -0.4 is 14.5 Å². The first-order chi connectivity index (χ1) is 25.3. The van der Waals surface area contributed by atoms with Gasteiger partial charge in [0, 0.05) is 23.1 Å². The predicted octanol–water partition coefficient (Wildman–Crippen LogP) is 11.0. The Balaban J connectivity index is 1.23. The summed E-state index contributed by atoms with van der Waals surface area (Å²) in [6, 6.07) is 43.3. The highest BCUT2D eigenvalue weighted by atomic mass is 16.5. The monoisotopic (exact) mass is 654 g/mol. The summed E-state index contributed by atoms with van der Waals surface area (Å²) >= 11 is 0. The molecule has 4 heterocycles. The lowest BCUT2D eigenvalue weighted by Crippen LogP contribution is -2.33. The molecule has 0 amide bonds. The van der Waals surface area contributed by atoms with E-state index < -0.39 is 0 Å². The summed E-state index contributed by atoms with van der Waals surface area (Å²) in [5, 5.41) is 3.57. The molecule has 6 aromatic carbocycles. The smallest absolute Gasteiger partial charge is 0.231 e. The molecule has 0 radical (unpaired) electrons. The van der Waals surface area contributed by atoms with Crippen LogP contribution in [0.2, 0.25) is 0 Å². The Hall–Kier alpha value is -6.46. The summed E-state index contributed by atoms with van der Waals surface area (Å²) in [5.41, 5.74) is 11.7. The van der Waals surface area contributed by atoms with Crippen LogP contribution in [0, 0.1) is 0 Å². The fourth-order valence-electron chi connectivity index (χ4n) is 9.53. The van der Waals surface area contributed by atoms with Crippen LogP contribution in [0.15, 0.2) is 152 Å². The Bertz CT molecular complexity index is 2730. The van der Waals surface area contributed by atoms with Gasteiger partial charge in [0.25, 0.3) is 0 Å². The molecule has 2 aliphatic carbocycles. The quantitative estimate of drug-likeness (QED) is 0.186. The van der Waals surface area contributed by atoms with E-state index in [1.54, 1.807) is 0 Å². The average molecular weight is 655 g/mol. The van der Waals surface area contributed by atoms with Gasteiger partial charge in [-0.1, -0.05) is 121 Å². The third kappa shape index (κ3) is 3.60. The number of ether oxygens (including phenoxy) is 1. The Morgan fingerprint density at radius 3 is 2.24 bits per heavy atom. The maximum absolute atomic E-state index is 6.40. The van der Waals surface area contributed by atoms with E-state index in [9.17, 15) is 0 Å². The van der Waals surface area contributed by atoms with Gasteiger partial charge >= 0.3 is 0 Å². The van der Waals surface area contributed by atoms with E-state index in [0.29, 0.717) is 5.95 Å². The zero-order valence-corrected chi connectivity index (χ0v) is 27.5. The molecule has 7 aromatic rings. The minimum Gasteiger partial charge on any atom is -0.456 e. The van der Waals surface area contributed by atoms with E-state index in [-0.39, 0.29) is 23.9 Å². The summed E-state index contributed by atoms with van der Waals surface area (Å²) < 4.78 is 6.40. The summed E-state index contributed by atoms with van der Waals surface area (Å²) in [4.78, 5) is 16.0. The number of hydrogen-bond donors (Lipinski definition) is 0. The molecule has 3 aliphatic heterocycles. The third-order valence-corrected chi connectivity index (χ3v) is 11.5. The van der Waals surface area contributed by atoms with Gasteiger partial charge in [-0.3, -0.25) is 0 Å². The molecule has 5 nitrogen and oxygen atoms in total. The van der Waals surface area contributed by atoms with E-state index in [2.05, 4.69) is 143 Å². The largest absolute Gasteiger partial charge is 0.456 e. The first kappa shape index (κ1) is 27.4. The molecule has 0 N–H and O–H groups in total. The van der Waals surface area contributed by atoms with Gasteiger partial charge in [-0.15, -0.1) is 0 Å². The van der Waals surface area contributed by atoms with Crippen LogP contribution >= 0.6 is 0 Å². The number of nitrogens with zero attached hydrogens (tertiary/aromatic N) is 4. The van der Waals surface area contributed by atoms with Gasteiger partial charge in [-0.05, 0) is 69.4 Å². The fourth-order valence-corrected chi connectivity index (χ4v) is 9.53. The molecule has 5 aliphatic rings. The van der Waals surface area contributed by atoms with Crippen LogP contribution in [0.3, 0.4) is 0 Å². The highest BCUT2D eigenvalue weighted by Crippen LogP contribution is 2.63. The van der Waals surface area contributed by atoms with Gasteiger partial charge in [0.1, 0.15) is 11.5 Å². The maximum Gasteiger partial charge on any atom is 0.231 e. The summed E-state index contributed by atoms with van der Waals surface area (Å²) in [5.74, 6) is 2.59. The Morgan fingerprint density at radius 2 is 1.31 bits per heavy atom. The van der Waals surface area contributed by atoms with E-state index in [1.807, 2.05) is 24.3 Å². The van der Waals surface area contributed by atoms with E-state index in [1.165, 1.54) is 50.1 Å². The molecule has 0 fully saturated rings. The first-order valence-corrected chi connectivity index (χ1v) is 17.8. The highest BCUT2D eigenvalue weighted by Gasteiger charge is 2.50. The summed E-state index contributed by atoms with van der Waals surface area (Å²) in [7, 11) is 0. The van der Waals surface area contributed by atoms with Gasteiger partial charge in [-0.2, -0.15) is 0 Å². The first-order valence-electron chi connectivity index (χ1n) is 17.8. The van der Waals surface area contributed by atoms with Crippen molar-refractivity contribution in [2.45, 2.75) is 23.9 Å². The standard InChI is InChI=1S/C46H30N4O/c1-2-14-28(15-3-1)49-35-22-10-8-19-32(35)39-30-17-6-7-18-31(30)41-40-29-16-5-4-13-27(29)25-26-36(40)50(45(41)44(39)49)46-47-34-21-12-24-38-42(34)43(48-46)33-20-9-11-23-37(33)51-38/h1-26,32,35-36,40H. The van der Waals surface area contributed by atoms with Gasteiger partial charge in [-0.25, -0.2) is 9.97 Å². The number of anilines is 4. The van der Waals surface area contributed by atoms with Crippen LogP contribution in [-0.2, 0) is 0 Å². The van der Waals surface area contributed by atoms with Crippen molar-refractivity contribution in [1.29, 1.82) is 0 Å². The fraction of sp³-hybridized carbons (Fsp3) is 0.0870. The predicted molar refractivity (Wildman–Crippen MR) is 206 cm³/mol. The van der Waals surface area contributed by atoms with Gasteiger partial charge < -0.3 is 14.5 Å². The minimum absolute atomic E-state index is 0.0286. The van der Waals surface area contributed by atoms with Gasteiger partial charge in [0.2, 0.25) is 5.95 Å². The minimum atomic E-state index is -0.0286. The number of benzene rings is 6. The van der Waals surface area contributed by atoms with E-state index in [4.69, 9.17) is 14.7 Å². The van der Waals surface area contributed by atoms with Crippen molar-refractivity contribution in [3.63, 3.8) is 0 Å². The van der Waals surface area contributed by atoms with Crippen molar-refractivity contribution in [2.75, 3.05) is 9.80 Å². The molecule has 51 heavy (non-hydrogen) atoms. The molecule has 12 rings (SSSR count). The topological polar surface area (TPSA) is 41.5 Å². The number of hydrogen-bond acceptors (Lipinski definition) is 5. The lowest BCUT2D eigenvalue weighted by Gasteiger charge is -2.33. The number of allylic oxidation sites excluding steroid dienone is 2. The van der Waals surface area contributed by atoms with Crippen molar-refractivity contribution in [3.8, 4) is 22.8 Å². The van der Waals surface area contributed by atoms with Crippen molar-refractivity contribution in [3.05, 3.63) is 174 Å². The molecule has 0 spiro atoms. The Labute approximate surface area is 295 Å². The van der Waals surface area contributed by atoms with Crippen LogP contribution in [0.25, 0.3) is 39.0 Å². The molecule has 4 unspecified atom stereocenters. The highest BCUT2D eigenvalue weighted by molar-refractivity contribution is 6.09. The van der Waals surface area contributed by atoms with Gasteiger partial charge in [0.15, 0.2) is 0 Å². The summed E-state index contributed by atoms with van der Waals surface area (Å²) in [6.07, 6.45) is 13.9. The number of rotatable bonds is 2. The molecule has 0 saturated heterocycles. The zero-order chi connectivity index (χ0) is 33.2. The number of fused-ring (bicyclic) bond motifs is 14. The van der Waals surface area contributed by atoms with Crippen molar-refractivity contribution < 1.29 is 4.74 Å². The molecular formula is C46H30N4O. The maximum atomic E-state index is 6.40. The second kappa shape index (κ2) is 10.1. The molecular weight excluding hydrogens is 625 g/mol. The van der Waals surface area contributed by atoms with Crippen LogP contribution in [0.5, 0.6) is 11.5 Å². The third-order valence-electron chi connectivity index (χ3n) is 11.5. The Morgan fingerprint density at radius 1 is 0.569 bits per heavy atom. The molecule has 5 heteroatoms. The van der Waals surface area contributed by atoms with E-state index in [0.717, 1.165) is 33.7 Å². The Kier molecular flexibility index (Phi) is 5.39. The van der Waals surface area contributed by atoms with E-state index >= 15 is 0 Å².